The maximum absolute atomic E-state index is 13.4. The SMILES string of the molecule is O=C(c1cccc(Cn2cccn2)c1)N1CCC[C@H]1c1ccnc(-c2cccc(Cl)c2)n1. The van der Waals surface area contributed by atoms with E-state index >= 15 is 0 Å². The van der Waals surface area contributed by atoms with Crippen LogP contribution >= 0.6 is 11.6 Å². The number of rotatable bonds is 5. The van der Waals surface area contributed by atoms with Gasteiger partial charge in [0.25, 0.3) is 5.91 Å². The number of hydrogen-bond donors (Lipinski definition) is 0. The standard InChI is InChI=1S/C25H22ClN5O/c26-21-8-2-6-19(16-21)24-27-12-10-22(29-24)23-9-3-14-31(23)25(32)20-7-1-5-18(15-20)17-30-13-4-11-28-30/h1-2,4-8,10-13,15-16,23H,3,9,14,17H2/t23-/m0/s1. The van der Waals surface area contributed by atoms with Gasteiger partial charge in [-0.3, -0.25) is 9.48 Å². The molecule has 1 aliphatic heterocycles. The summed E-state index contributed by atoms with van der Waals surface area (Å²) < 4.78 is 1.85. The fourth-order valence-corrected chi connectivity index (χ4v) is 4.38. The maximum Gasteiger partial charge on any atom is 0.254 e. The Kier molecular flexibility index (Phi) is 5.69. The van der Waals surface area contributed by atoms with Gasteiger partial charge in [0.2, 0.25) is 0 Å². The molecule has 160 valence electrons. The summed E-state index contributed by atoms with van der Waals surface area (Å²) in [6, 6.07) is 19.0. The maximum atomic E-state index is 13.4. The Morgan fingerprint density at radius 2 is 1.97 bits per heavy atom. The molecule has 0 spiro atoms. The van der Waals surface area contributed by atoms with E-state index in [1.807, 2.05) is 76.4 Å². The van der Waals surface area contributed by atoms with Gasteiger partial charge >= 0.3 is 0 Å². The van der Waals surface area contributed by atoms with Crippen molar-refractivity contribution in [3.8, 4) is 11.4 Å². The van der Waals surface area contributed by atoms with Crippen molar-refractivity contribution < 1.29 is 4.79 Å². The Bertz CT molecular complexity index is 1240. The van der Waals surface area contributed by atoms with E-state index in [1.165, 1.54) is 0 Å². The Hall–Kier alpha value is -3.51. The van der Waals surface area contributed by atoms with Crippen LogP contribution in [0.5, 0.6) is 0 Å². The molecule has 3 heterocycles. The fraction of sp³-hybridized carbons (Fsp3) is 0.200. The van der Waals surface area contributed by atoms with Crippen LogP contribution in [0.3, 0.4) is 0 Å². The van der Waals surface area contributed by atoms with Gasteiger partial charge in [-0.25, -0.2) is 9.97 Å². The first-order chi connectivity index (χ1) is 15.7. The number of hydrogen-bond acceptors (Lipinski definition) is 4. The van der Waals surface area contributed by atoms with E-state index in [4.69, 9.17) is 16.6 Å². The summed E-state index contributed by atoms with van der Waals surface area (Å²) in [6.07, 6.45) is 7.25. The van der Waals surface area contributed by atoms with E-state index < -0.39 is 0 Å². The van der Waals surface area contributed by atoms with Crippen LogP contribution < -0.4 is 0 Å². The van der Waals surface area contributed by atoms with Gasteiger partial charge in [-0.2, -0.15) is 5.10 Å². The predicted octanol–water partition coefficient (Wildman–Crippen LogP) is 5.02. The molecule has 6 nitrogen and oxygen atoms in total. The lowest BCUT2D eigenvalue weighted by Crippen LogP contribution is -2.31. The molecule has 1 aliphatic rings. The molecule has 0 unspecified atom stereocenters. The zero-order chi connectivity index (χ0) is 21.9. The topological polar surface area (TPSA) is 63.9 Å². The molecule has 0 N–H and O–H groups in total. The van der Waals surface area contributed by atoms with Gasteiger partial charge in [0, 0.05) is 41.3 Å². The fourth-order valence-electron chi connectivity index (χ4n) is 4.19. The third kappa shape index (κ3) is 4.27. The van der Waals surface area contributed by atoms with E-state index in [0.29, 0.717) is 29.5 Å². The molecule has 2 aromatic carbocycles. The summed E-state index contributed by atoms with van der Waals surface area (Å²) in [4.78, 5) is 24.6. The van der Waals surface area contributed by atoms with Crippen molar-refractivity contribution >= 4 is 17.5 Å². The third-order valence-electron chi connectivity index (χ3n) is 5.69. The largest absolute Gasteiger partial charge is 0.330 e. The lowest BCUT2D eigenvalue weighted by molar-refractivity contribution is 0.0732. The monoisotopic (exact) mass is 443 g/mol. The van der Waals surface area contributed by atoms with Crippen LogP contribution in [0.15, 0.2) is 79.3 Å². The van der Waals surface area contributed by atoms with E-state index in [9.17, 15) is 4.79 Å². The number of carbonyl (C=O) groups excluding carboxylic acids is 1. The average molecular weight is 444 g/mol. The highest BCUT2D eigenvalue weighted by Gasteiger charge is 2.32. The number of amides is 1. The molecule has 1 saturated heterocycles. The van der Waals surface area contributed by atoms with Gasteiger partial charge in [0.1, 0.15) is 0 Å². The summed E-state index contributed by atoms with van der Waals surface area (Å²) in [5, 5.41) is 4.90. The van der Waals surface area contributed by atoms with Crippen LogP contribution in [0.1, 0.15) is 40.5 Å². The van der Waals surface area contributed by atoms with E-state index in [-0.39, 0.29) is 11.9 Å². The Morgan fingerprint density at radius 3 is 2.81 bits per heavy atom. The quantitative estimate of drug-likeness (QED) is 0.434. The van der Waals surface area contributed by atoms with Gasteiger partial charge in [-0.1, -0.05) is 35.9 Å². The van der Waals surface area contributed by atoms with Crippen molar-refractivity contribution in [3.05, 3.63) is 101 Å². The molecule has 0 saturated carbocycles. The van der Waals surface area contributed by atoms with Crippen LogP contribution in [-0.2, 0) is 6.54 Å². The van der Waals surface area contributed by atoms with Crippen LogP contribution in [0.2, 0.25) is 5.02 Å². The highest BCUT2D eigenvalue weighted by molar-refractivity contribution is 6.30. The highest BCUT2D eigenvalue weighted by Crippen LogP contribution is 2.33. The Labute approximate surface area is 191 Å². The van der Waals surface area contributed by atoms with E-state index in [0.717, 1.165) is 29.7 Å². The minimum Gasteiger partial charge on any atom is -0.330 e. The Morgan fingerprint density at radius 1 is 1.06 bits per heavy atom. The number of likely N-dealkylation sites (tertiary alicyclic amines) is 1. The summed E-state index contributed by atoms with van der Waals surface area (Å²) in [5.41, 5.74) is 3.45. The van der Waals surface area contributed by atoms with E-state index in [1.54, 1.807) is 12.4 Å². The molecule has 0 bridgehead atoms. The minimum absolute atomic E-state index is 0.0257. The van der Waals surface area contributed by atoms with Crippen LogP contribution in [0, 0.1) is 0 Å². The molecular formula is C25H22ClN5O. The van der Waals surface area contributed by atoms with Crippen molar-refractivity contribution in [1.29, 1.82) is 0 Å². The number of carbonyl (C=O) groups is 1. The number of halogens is 1. The summed E-state index contributed by atoms with van der Waals surface area (Å²) in [5.74, 6) is 0.642. The molecule has 32 heavy (non-hydrogen) atoms. The summed E-state index contributed by atoms with van der Waals surface area (Å²) >= 11 is 6.14. The third-order valence-corrected chi connectivity index (χ3v) is 5.93. The highest BCUT2D eigenvalue weighted by atomic mass is 35.5. The van der Waals surface area contributed by atoms with Gasteiger partial charge < -0.3 is 4.90 Å². The van der Waals surface area contributed by atoms with Gasteiger partial charge in [0.15, 0.2) is 5.82 Å². The molecule has 1 fully saturated rings. The molecule has 0 aliphatic carbocycles. The number of aromatic nitrogens is 4. The van der Waals surface area contributed by atoms with Gasteiger partial charge in [-0.15, -0.1) is 0 Å². The second kappa shape index (κ2) is 8.93. The molecule has 2 aromatic heterocycles. The zero-order valence-corrected chi connectivity index (χ0v) is 18.2. The van der Waals surface area contributed by atoms with E-state index in [2.05, 4.69) is 10.1 Å². The summed E-state index contributed by atoms with van der Waals surface area (Å²) in [6.45, 7) is 1.34. The lowest BCUT2D eigenvalue weighted by Gasteiger charge is -2.25. The molecule has 1 amide bonds. The average Bonchev–Trinajstić information content (AvgIpc) is 3.51. The van der Waals surface area contributed by atoms with Crippen molar-refractivity contribution in [3.63, 3.8) is 0 Å². The second-order valence-corrected chi connectivity index (χ2v) is 8.31. The van der Waals surface area contributed by atoms with Crippen molar-refractivity contribution in [1.82, 2.24) is 24.6 Å². The molecule has 5 rings (SSSR count). The summed E-state index contributed by atoms with van der Waals surface area (Å²) in [7, 11) is 0. The smallest absolute Gasteiger partial charge is 0.254 e. The molecule has 7 heteroatoms. The molecule has 1 atom stereocenters. The lowest BCUT2D eigenvalue weighted by atomic mass is 10.1. The number of benzene rings is 2. The van der Waals surface area contributed by atoms with Crippen molar-refractivity contribution in [2.45, 2.75) is 25.4 Å². The second-order valence-electron chi connectivity index (χ2n) is 7.88. The van der Waals surface area contributed by atoms with Gasteiger partial charge in [-0.05, 0) is 54.8 Å². The van der Waals surface area contributed by atoms with Crippen molar-refractivity contribution in [2.24, 2.45) is 0 Å². The first-order valence-corrected chi connectivity index (χ1v) is 11.0. The zero-order valence-electron chi connectivity index (χ0n) is 17.4. The normalized spacial score (nSPS) is 15.8. The molecule has 0 radical (unpaired) electrons. The van der Waals surface area contributed by atoms with Crippen molar-refractivity contribution in [2.75, 3.05) is 6.54 Å². The number of nitrogens with zero attached hydrogens (tertiary/aromatic N) is 5. The molecule has 4 aromatic rings. The first-order valence-electron chi connectivity index (χ1n) is 10.6. The molecular weight excluding hydrogens is 422 g/mol. The van der Waals surface area contributed by atoms with Gasteiger partial charge in [0.05, 0.1) is 18.3 Å². The predicted molar refractivity (Wildman–Crippen MR) is 123 cm³/mol. The Balaban J connectivity index is 1.39. The van der Waals surface area contributed by atoms with Crippen LogP contribution in [-0.4, -0.2) is 37.1 Å². The van der Waals surface area contributed by atoms with Crippen LogP contribution in [0.4, 0.5) is 0 Å². The van der Waals surface area contributed by atoms with Crippen LogP contribution in [0.25, 0.3) is 11.4 Å². The first kappa shape index (κ1) is 20.4. The minimum atomic E-state index is -0.0711.